The Morgan fingerprint density at radius 2 is 1.91 bits per heavy atom. The highest BCUT2D eigenvalue weighted by Crippen LogP contribution is 2.35. The number of hydrogen-bond donors (Lipinski definition) is 2. The standard InChI is InChI=1S/C20H20F2N4O4S2/c1-3-31-20-18(32(28,29)14-7-5-13(30-2)6-8-14)19(23)26(25-20)11-17(27)24-16-9-4-12(21)10-15(16)22/h4-10H,3,11,23H2,1-2H3,(H,24,27). The van der Waals surface area contributed by atoms with Crippen molar-refractivity contribution in [3.8, 4) is 5.75 Å². The summed E-state index contributed by atoms with van der Waals surface area (Å²) >= 11 is 1.15. The van der Waals surface area contributed by atoms with Gasteiger partial charge in [0.1, 0.15) is 39.7 Å². The molecule has 0 saturated heterocycles. The topological polar surface area (TPSA) is 116 Å². The number of thioether (sulfide) groups is 1. The third-order valence-electron chi connectivity index (χ3n) is 4.33. The minimum atomic E-state index is -4.05. The number of benzene rings is 2. The van der Waals surface area contributed by atoms with Crippen molar-refractivity contribution >= 4 is 39.0 Å². The predicted octanol–water partition coefficient (Wildman–Crippen LogP) is 3.34. The molecule has 3 N–H and O–H groups in total. The first-order valence-corrected chi connectivity index (χ1v) is 11.8. The molecule has 0 atom stereocenters. The molecule has 0 spiro atoms. The van der Waals surface area contributed by atoms with Crippen LogP contribution in [0.5, 0.6) is 5.75 Å². The Morgan fingerprint density at radius 3 is 2.50 bits per heavy atom. The number of carbonyl (C=O) groups is 1. The first kappa shape index (κ1) is 23.5. The van der Waals surface area contributed by atoms with E-state index in [1.54, 1.807) is 0 Å². The molecule has 0 saturated carbocycles. The van der Waals surface area contributed by atoms with E-state index in [2.05, 4.69) is 10.4 Å². The number of anilines is 2. The van der Waals surface area contributed by atoms with Gasteiger partial charge in [-0.25, -0.2) is 21.9 Å². The number of nitrogens with one attached hydrogen (secondary N) is 1. The molecule has 0 aliphatic rings. The molecule has 170 valence electrons. The third-order valence-corrected chi connectivity index (χ3v) is 7.14. The van der Waals surface area contributed by atoms with Crippen LogP contribution >= 0.6 is 11.8 Å². The fraction of sp³-hybridized carbons (Fsp3) is 0.200. The molecule has 12 heteroatoms. The summed E-state index contributed by atoms with van der Waals surface area (Å²) in [7, 11) is -2.59. The van der Waals surface area contributed by atoms with E-state index in [0.29, 0.717) is 17.6 Å². The van der Waals surface area contributed by atoms with E-state index in [1.165, 1.54) is 31.4 Å². The maximum atomic E-state index is 13.8. The van der Waals surface area contributed by atoms with Gasteiger partial charge in [-0.1, -0.05) is 6.92 Å². The van der Waals surface area contributed by atoms with Crippen molar-refractivity contribution in [3.05, 3.63) is 54.1 Å². The Morgan fingerprint density at radius 1 is 1.22 bits per heavy atom. The van der Waals surface area contributed by atoms with E-state index in [1.807, 2.05) is 6.92 Å². The lowest BCUT2D eigenvalue weighted by molar-refractivity contribution is -0.116. The zero-order valence-electron chi connectivity index (χ0n) is 17.1. The lowest BCUT2D eigenvalue weighted by atomic mass is 10.3. The molecular formula is C20H20F2N4O4S2. The molecule has 8 nitrogen and oxygen atoms in total. The van der Waals surface area contributed by atoms with Gasteiger partial charge in [0.2, 0.25) is 15.7 Å². The minimum absolute atomic E-state index is 0.0136. The second-order valence-corrected chi connectivity index (χ2v) is 9.60. The summed E-state index contributed by atoms with van der Waals surface area (Å²) in [5, 5.41) is 6.61. The maximum absolute atomic E-state index is 13.8. The number of halogens is 2. The summed E-state index contributed by atoms with van der Waals surface area (Å²) in [5.74, 6) is -1.68. The van der Waals surface area contributed by atoms with E-state index in [9.17, 15) is 22.0 Å². The number of nitrogen functional groups attached to an aromatic ring is 1. The van der Waals surface area contributed by atoms with Gasteiger partial charge in [0, 0.05) is 6.07 Å². The van der Waals surface area contributed by atoms with Crippen LogP contribution in [0, 0.1) is 11.6 Å². The summed E-state index contributed by atoms with van der Waals surface area (Å²) in [6.07, 6.45) is 0. The molecular weight excluding hydrogens is 462 g/mol. The molecule has 0 aliphatic carbocycles. The Balaban J connectivity index is 1.93. The molecule has 0 fully saturated rings. The molecule has 0 radical (unpaired) electrons. The lowest BCUT2D eigenvalue weighted by Gasteiger charge is -2.09. The largest absolute Gasteiger partial charge is 0.497 e. The molecule has 1 amide bonds. The van der Waals surface area contributed by atoms with Crippen LogP contribution in [0.3, 0.4) is 0 Å². The predicted molar refractivity (Wildman–Crippen MR) is 116 cm³/mol. The van der Waals surface area contributed by atoms with Gasteiger partial charge in [-0.2, -0.15) is 5.10 Å². The van der Waals surface area contributed by atoms with E-state index in [0.717, 1.165) is 28.6 Å². The summed E-state index contributed by atoms with van der Waals surface area (Å²) < 4.78 is 59.4. The first-order valence-electron chi connectivity index (χ1n) is 9.30. The van der Waals surface area contributed by atoms with Gasteiger partial charge in [0.05, 0.1) is 17.7 Å². The smallest absolute Gasteiger partial charge is 0.246 e. The highest BCUT2D eigenvalue weighted by atomic mass is 32.2. The summed E-state index contributed by atoms with van der Waals surface area (Å²) in [6.45, 7) is 1.34. The van der Waals surface area contributed by atoms with E-state index in [-0.39, 0.29) is 26.3 Å². The number of hydrogen-bond acceptors (Lipinski definition) is 7. The van der Waals surface area contributed by atoms with Gasteiger partial charge >= 0.3 is 0 Å². The van der Waals surface area contributed by atoms with Crippen molar-refractivity contribution in [1.29, 1.82) is 0 Å². The van der Waals surface area contributed by atoms with Crippen LogP contribution in [-0.4, -0.2) is 37.0 Å². The number of nitrogens with two attached hydrogens (primary N) is 1. The molecule has 0 bridgehead atoms. The first-order chi connectivity index (χ1) is 15.2. The number of rotatable bonds is 8. The van der Waals surface area contributed by atoms with Crippen LogP contribution in [-0.2, 0) is 21.2 Å². The molecule has 0 aliphatic heterocycles. The van der Waals surface area contributed by atoms with Gasteiger partial charge in [0.15, 0.2) is 0 Å². The molecule has 0 unspecified atom stereocenters. The number of ether oxygens (including phenoxy) is 1. The van der Waals surface area contributed by atoms with Crippen molar-refractivity contribution in [2.45, 2.75) is 28.3 Å². The SMILES string of the molecule is CCSc1nn(CC(=O)Nc2ccc(F)cc2F)c(N)c1S(=O)(=O)c1ccc(OC)cc1. The van der Waals surface area contributed by atoms with Crippen LogP contribution in [0.1, 0.15) is 6.92 Å². The highest BCUT2D eigenvalue weighted by Gasteiger charge is 2.30. The van der Waals surface area contributed by atoms with Gasteiger partial charge < -0.3 is 15.8 Å². The average Bonchev–Trinajstić information content (AvgIpc) is 3.05. The molecule has 32 heavy (non-hydrogen) atoms. The second-order valence-electron chi connectivity index (χ2n) is 6.46. The van der Waals surface area contributed by atoms with Crippen LogP contribution < -0.4 is 15.8 Å². The average molecular weight is 483 g/mol. The number of carbonyl (C=O) groups excluding carboxylic acids is 1. The molecule has 1 heterocycles. The van der Waals surface area contributed by atoms with Crippen molar-refractivity contribution in [1.82, 2.24) is 9.78 Å². The monoisotopic (exact) mass is 482 g/mol. The fourth-order valence-electron chi connectivity index (χ4n) is 2.83. The normalized spacial score (nSPS) is 11.4. The zero-order chi connectivity index (χ0) is 23.5. The summed E-state index contributed by atoms with van der Waals surface area (Å²) in [6, 6.07) is 8.48. The number of aromatic nitrogens is 2. The molecule has 3 rings (SSSR count). The molecule has 3 aromatic rings. The Bertz CT molecular complexity index is 1250. The number of methoxy groups -OCH3 is 1. The number of nitrogens with zero attached hydrogens (tertiary/aromatic N) is 2. The zero-order valence-corrected chi connectivity index (χ0v) is 18.8. The van der Waals surface area contributed by atoms with Gasteiger partial charge in [0.25, 0.3) is 0 Å². The van der Waals surface area contributed by atoms with Crippen molar-refractivity contribution in [2.24, 2.45) is 0 Å². The molecule has 2 aromatic carbocycles. The van der Waals surface area contributed by atoms with E-state index >= 15 is 0 Å². The van der Waals surface area contributed by atoms with E-state index in [4.69, 9.17) is 10.5 Å². The van der Waals surface area contributed by atoms with Crippen molar-refractivity contribution in [3.63, 3.8) is 0 Å². The Labute approximate surface area is 187 Å². The maximum Gasteiger partial charge on any atom is 0.246 e. The quantitative estimate of drug-likeness (QED) is 0.473. The highest BCUT2D eigenvalue weighted by molar-refractivity contribution is 8.00. The minimum Gasteiger partial charge on any atom is -0.497 e. The van der Waals surface area contributed by atoms with Gasteiger partial charge in [-0.05, 0) is 42.2 Å². The summed E-state index contributed by atoms with van der Waals surface area (Å²) in [5.41, 5.74) is 5.86. The van der Waals surface area contributed by atoms with Crippen LogP contribution in [0.25, 0.3) is 0 Å². The number of amides is 1. The van der Waals surface area contributed by atoms with Crippen LogP contribution in [0.15, 0.2) is 57.3 Å². The third kappa shape index (κ3) is 4.86. The van der Waals surface area contributed by atoms with Crippen LogP contribution in [0.2, 0.25) is 0 Å². The second kappa shape index (κ2) is 9.57. The summed E-state index contributed by atoms with van der Waals surface area (Å²) in [4.78, 5) is 12.2. The van der Waals surface area contributed by atoms with Gasteiger partial charge in [-0.3, -0.25) is 4.79 Å². The molecule has 1 aromatic heterocycles. The van der Waals surface area contributed by atoms with Gasteiger partial charge in [-0.15, -0.1) is 11.8 Å². The Hall–Kier alpha value is -3.12. The lowest BCUT2D eigenvalue weighted by Crippen LogP contribution is -2.21. The van der Waals surface area contributed by atoms with Crippen molar-refractivity contribution in [2.75, 3.05) is 23.9 Å². The van der Waals surface area contributed by atoms with Crippen molar-refractivity contribution < 1.29 is 26.7 Å². The van der Waals surface area contributed by atoms with Crippen LogP contribution in [0.4, 0.5) is 20.3 Å². The number of sulfone groups is 1. The fourth-order valence-corrected chi connectivity index (χ4v) is 5.38. The van der Waals surface area contributed by atoms with E-state index < -0.39 is 33.9 Å². The Kier molecular flexibility index (Phi) is 7.04.